The normalized spacial score (nSPS) is 13.1. The van der Waals surface area contributed by atoms with Crippen LogP contribution < -0.4 is 0 Å². The lowest BCUT2D eigenvalue weighted by Gasteiger charge is -2.03. The molecule has 0 fully saturated rings. The molecular weight excluding hydrogens is 220 g/mol. The first kappa shape index (κ1) is 9.66. The lowest BCUT2D eigenvalue weighted by molar-refractivity contribution is 1.41. The van der Waals surface area contributed by atoms with E-state index in [2.05, 4.69) is 58.6 Å². The number of hydrogen-bond donors (Lipinski definition) is 1. The van der Waals surface area contributed by atoms with Crippen LogP contribution in [0.3, 0.4) is 0 Å². The zero-order valence-electron chi connectivity index (χ0n) is 9.85. The van der Waals surface area contributed by atoms with Crippen LogP contribution in [0.5, 0.6) is 0 Å². The van der Waals surface area contributed by atoms with Gasteiger partial charge in [0.05, 0.1) is 5.69 Å². The molecule has 0 unspecified atom stereocenters. The van der Waals surface area contributed by atoms with Crippen LogP contribution in [-0.4, -0.2) is 11.2 Å². The number of hydrogen-bond acceptors (Lipinski definition) is 1. The van der Waals surface area contributed by atoms with Crippen LogP contribution in [-0.2, 0) is 6.42 Å². The first-order valence-corrected chi connectivity index (χ1v) is 6.14. The van der Waals surface area contributed by atoms with Gasteiger partial charge in [0.2, 0.25) is 0 Å². The van der Waals surface area contributed by atoms with Crippen molar-refractivity contribution >= 4 is 22.8 Å². The van der Waals surface area contributed by atoms with Crippen LogP contribution in [0.25, 0.3) is 22.0 Å². The van der Waals surface area contributed by atoms with E-state index in [1.807, 2.05) is 6.21 Å². The minimum Gasteiger partial charge on any atom is -0.361 e. The summed E-state index contributed by atoms with van der Waals surface area (Å²) in [6.45, 7) is 0. The Morgan fingerprint density at radius 2 is 2.00 bits per heavy atom. The molecule has 1 N–H and O–H groups in total. The molecule has 0 aliphatic carbocycles. The molecule has 86 valence electrons. The zero-order valence-corrected chi connectivity index (χ0v) is 9.85. The number of nitrogens with one attached hydrogen (secondary N) is 1. The summed E-state index contributed by atoms with van der Waals surface area (Å²) in [6, 6.07) is 14.9. The predicted molar refractivity (Wildman–Crippen MR) is 75.6 cm³/mol. The molecule has 1 aromatic heterocycles. The Hall–Kier alpha value is -2.35. The molecule has 2 aromatic carbocycles. The van der Waals surface area contributed by atoms with Gasteiger partial charge in [0.25, 0.3) is 0 Å². The second-order valence-electron chi connectivity index (χ2n) is 4.61. The van der Waals surface area contributed by atoms with Crippen molar-refractivity contribution in [1.82, 2.24) is 4.98 Å². The Morgan fingerprint density at radius 1 is 1.06 bits per heavy atom. The Balaban J connectivity index is 1.93. The lowest BCUT2D eigenvalue weighted by atomic mass is 10.0. The van der Waals surface area contributed by atoms with Crippen molar-refractivity contribution < 1.29 is 0 Å². The van der Waals surface area contributed by atoms with Gasteiger partial charge < -0.3 is 4.98 Å². The molecule has 0 spiro atoms. The number of aliphatic imine (C=N–C) groups is 1. The van der Waals surface area contributed by atoms with Crippen LogP contribution >= 0.6 is 0 Å². The summed E-state index contributed by atoms with van der Waals surface area (Å²) in [4.78, 5) is 7.67. The van der Waals surface area contributed by atoms with Gasteiger partial charge in [-0.15, -0.1) is 0 Å². The Kier molecular flexibility index (Phi) is 1.92. The maximum atomic E-state index is 4.35. The highest BCUT2D eigenvalue weighted by atomic mass is 14.7. The molecule has 0 bridgehead atoms. The van der Waals surface area contributed by atoms with Crippen molar-refractivity contribution in [2.75, 3.05) is 0 Å². The van der Waals surface area contributed by atoms with Crippen LogP contribution in [0.4, 0.5) is 5.69 Å². The van der Waals surface area contributed by atoms with Gasteiger partial charge in [-0.2, -0.15) is 0 Å². The molecule has 0 saturated heterocycles. The molecule has 2 heteroatoms. The summed E-state index contributed by atoms with van der Waals surface area (Å²) in [7, 11) is 0. The molecule has 2 nitrogen and oxygen atoms in total. The van der Waals surface area contributed by atoms with E-state index in [1.54, 1.807) is 0 Å². The quantitative estimate of drug-likeness (QED) is 0.654. The summed E-state index contributed by atoms with van der Waals surface area (Å²) in [5.74, 6) is 0. The molecule has 1 aliphatic rings. The van der Waals surface area contributed by atoms with Crippen molar-refractivity contribution in [2.24, 2.45) is 4.99 Å². The van der Waals surface area contributed by atoms with Gasteiger partial charge in [0.15, 0.2) is 0 Å². The van der Waals surface area contributed by atoms with Gasteiger partial charge in [0.1, 0.15) is 0 Å². The molecule has 1 aliphatic heterocycles. The standard InChI is InChI=1S/C16H12N2/c1-2-4-16-13(3-1)14(10-18-16)11-5-6-15-12(9-11)7-8-17-15/h1-6,8-10,18H,7H2. The first-order chi connectivity index (χ1) is 8.92. The van der Waals surface area contributed by atoms with Crippen molar-refractivity contribution in [1.29, 1.82) is 0 Å². The van der Waals surface area contributed by atoms with E-state index in [-0.39, 0.29) is 0 Å². The molecule has 3 aromatic rings. The topological polar surface area (TPSA) is 28.1 Å². The summed E-state index contributed by atoms with van der Waals surface area (Å²) in [6.07, 6.45) is 5.01. The van der Waals surface area contributed by atoms with Gasteiger partial charge >= 0.3 is 0 Å². The molecule has 4 rings (SSSR count). The maximum absolute atomic E-state index is 4.35. The van der Waals surface area contributed by atoms with E-state index >= 15 is 0 Å². The highest BCUT2D eigenvalue weighted by Crippen LogP contribution is 2.33. The van der Waals surface area contributed by atoms with Crippen molar-refractivity contribution in [3.63, 3.8) is 0 Å². The minimum absolute atomic E-state index is 0.950. The number of nitrogens with zero attached hydrogens (tertiary/aromatic N) is 1. The minimum atomic E-state index is 0.950. The van der Waals surface area contributed by atoms with Crippen LogP contribution in [0.15, 0.2) is 53.7 Å². The smallest absolute Gasteiger partial charge is 0.0661 e. The molecule has 0 atom stereocenters. The number of benzene rings is 2. The molecule has 0 radical (unpaired) electrons. The van der Waals surface area contributed by atoms with Gasteiger partial charge in [-0.25, -0.2) is 0 Å². The Bertz CT molecular complexity index is 766. The highest BCUT2D eigenvalue weighted by Gasteiger charge is 2.10. The third-order valence-corrected chi connectivity index (χ3v) is 3.52. The average Bonchev–Trinajstić information content (AvgIpc) is 3.04. The van der Waals surface area contributed by atoms with Crippen LogP contribution in [0.1, 0.15) is 5.56 Å². The van der Waals surface area contributed by atoms with Gasteiger partial charge in [-0.3, -0.25) is 4.99 Å². The van der Waals surface area contributed by atoms with Gasteiger partial charge in [-0.05, 0) is 29.3 Å². The van der Waals surface area contributed by atoms with E-state index in [0.29, 0.717) is 0 Å². The SMILES string of the molecule is C1=Nc2ccc(-c3c[nH]c4ccccc34)cc2C1. The van der Waals surface area contributed by atoms with E-state index in [1.165, 1.54) is 27.6 Å². The predicted octanol–water partition coefficient (Wildman–Crippen LogP) is 4.09. The zero-order chi connectivity index (χ0) is 11.9. The fourth-order valence-electron chi connectivity index (χ4n) is 2.60. The molecule has 0 saturated carbocycles. The van der Waals surface area contributed by atoms with E-state index in [0.717, 1.165) is 12.1 Å². The van der Waals surface area contributed by atoms with E-state index < -0.39 is 0 Å². The fourth-order valence-corrected chi connectivity index (χ4v) is 2.60. The second kappa shape index (κ2) is 3.57. The second-order valence-corrected chi connectivity index (χ2v) is 4.61. The summed E-state index contributed by atoms with van der Waals surface area (Å²) >= 11 is 0. The van der Waals surface area contributed by atoms with Crippen molar-refractivity contribution in [3.05, 3.63) is 54.2 Å². The summed E-state index contributed by atoms with van der Waals surface area (Å²) in [5.41, 5.74) is 6.14. The Morgan fingerprint density at radius 3 is 3.00 bits per heavy atom. The number of fused-ring (bicyclic) bond motifs is 2. The average molecular weight is 232 g/mol. The highest BCUT2D eigenvalue weighted by molar-refractivity contribution is 5.96. The van der Waals surface area contributed by atoms with Gasteiger partial charge in [0, 0.05) is 35.3 Å². The molecule has 18 heavy (non-hydrogen) atoms. The third-order valence-electron chi connectivity index (χ3n) is 3.52. The molecular formula is C16H12N2. The number of aromatic amines is 1. The lowest BCUT2D eigenvalue weighted by Crippen LogP contribution is -1.81. The summed E-state index contributed by atoms with van der Waals surface area (Å²) in [5, 5.41) is 1.27. The first-order valence-electron chi connectivity index (χ1n) is 6.14. The van der Waals surface area contributed by atoms with E-state index in [4.69, 9.17) is 0 Å². The molecule has 0 amide bonds. The molecule has 2 heterocycles. The number of aromatic nitrogens is 1. The van der Waals surface area contributed by atoms with Crippen LogP contribution in [0.2, 0.25) is 0 Å². The largest absolute Gasteiger partial charge is 0.361 e. The summed E-state index contributed by atoms with van der Waals surface area (Å²) < 4.78 is 0. The van der Waals surface area contributed by atoms with Crippen molar-refractivity contribution in [3.8, 4) is 11.1 Å². The fraction of sp³-hybridized carbons (Fsp3) is 0.0625. The Labute approximate surface area is 105 Å². The number of rotatable bonds is 1. The maximum Gasteiger partial charge on any atom is 0.0661 e. The van der Waals surface area contributed by atoms with Crippen molar-refractivity contribution in [2.45, 2.75) is 6.42 Å². The third kappa shape index (κ3) is 1.32. The van der Waals surface area contributed by atoms with Crippen LogP contribution in [0, 0.1) is 0 Å². The monoisotopic (exact) mass is 232 g/mol. The van der Waals surface area contributed by atoms with Gasteiger partial charge in [-0.1, -0.05) is 24.3 Å². The number of H-pyrrole nitrogens is 1. The van der Waals surface area contributed by atoms with E-state index in [9.17, 15) is 0 Å². The number of para-hydroxylation sites is 1.